The average Bonchev–Trinajstić information content (AvgIpc) is 2.58. The molecule has 0 aliphatic rings. The third-order valence-corrected chi connectivity index (χ3v) is 3.73. The highest BCUT2D eigenvalue weighted by Crippen LogP contribution is 2.17. The third-order valence-electron chi connectivity index (χ3n) is 3.32. The van der Waals surface area contributed by atoms with Crippen molar-refractivity contribution >= 4 is 27.8 Å². The summed E-state index contributed by atoms with van der Waals surface area (Å²) >= 11 is 3.31. The van der Waals surface area contributed by atoms with E-state index in [0.29, 0.717) is 18.7 Å². The van der Waals surface area contributed by atoms with Crippen molar-refractivity contribution in [1.82, 2.24) is 15.3 Å². The second kappa shape index (κ2) is 8.89. The Hall–Kier alpha value is -2.28. The van der Waals surface area contributed by atoms with Crippen LogP contribution in [0.5, 0.6) is 0 Å². The first-order valence-corrected chi connectivity index (χ1v) is 9.08. The van der Waals surface area contributed by atoms with Crippen molar-refractivity contribution in [2.24, 2.45) is 0 Å². The zero-order valence-electron chi connectivity index (χ0n) is 15.1. The number of rotatable bonds is 6. The van der Waals surface area contributed by atoms with Gasteiger partial charge in [-0.1, -0.05) is 24.3 Å². The van der Waals surface area contributed by atoms with Crippen LogP contribution in [0.2, 0.25) is 0 Å². The second-order valence-corrected chi connectivity index (χ2v) is 7.70. The normalized spacial score (nSPS) is 11.1. The van der Waals surface area contributed by atoms with Crippen LogP contribution < -0.4 is 5.32 Å². The molecule has 6 nitrogen and oxygen atoms in total. The van der Waals surface area contributed by atoms with E-state index in [4.69, 9.17) is 4.74 Å². The first-order valence-electron chi connectivity index (χ1n) is 8.28. The van der Waals surface area contributed by atoms with Crippen molar-refractivity contribution in [3.05, 3.63) is 46.7 Å². The maximum Gasteiger partial charge on any atom is 0.325 e. The summed E-state index contributed by atoms with van der Waals surface area (Å²) in [6, 6.07) is 7.75. The first kappa shape index (κ1) is 20.0. The number of ether oxygens (including phenoxy) is 1. The van der Waals surface area contributed by atoms with Gasteiger partial charge in [0.25, 0.3) is 0 Å². The van der Waals surface area contributed by atoms with Gasteiger partial charge in [-0.3, -0.25) is 9.59 Å². The molecule has 0 saturated heterocycles. The zero-order chi connectivity index (χ0) is 19.2. The van der Waals surface area contributed by atoms with Gasteiger partial charge in [0, 0.05) is 24.4 Å². The number of nitrogens with one attached hydrogen (secondary N) is 1. The van der Waals surface area contributed by atoms with Gasteiger partial charge in [-0.25, -0.2) is 9.97 Å². The molecule has 0 unspecified atom stereocenters. The van der Waals surface area contributed by atoms with Gasteiger partial charge in [0.1, 0.15) is 12.1 Å². The maximum absolute atomic E-state index is 11.9. The Bertz CT molecular complexity index is 753. The lowest BCUT2D eigenvalue weighted by Gasteiger charge is -2.19. The first-order chi connectivity index (χ1) is 12.2. The molecule has 1 aromatic heterocycles. The van der Waals surface area contributed by atoms with Gasteiger partial charge in [0.2, 0.25) is 5.91 Å². The highest BCUT2D eigenvalue weighted by molar-refractivity contribution is 9.10. The number of halogens is 1. The molecular weight excluding hydrogens is 398 g/mol. The number of carbonyl (C=O) groups excluding carboxylic acids is 2. The summed E-state index contributed by atoms with van der Waals surface area (Å²) in [7, 11) is 0. The number of hydrogen-bond acceptors (Lipinski definition) is 5. The minimum Gasteiger partial charge on any atom is -0.459 e. The van der Waals surface area contributed by atoms with Crippen LogP contribution in [0.15, 0.2) is 41.1 Å². The molecule has 7 heteroatoms. The van der Waals surface area contributed by atoms with Gasteiger partial charge < -0.3 is 10.1 Å². The molecule has 0 atom stereocenters. The second-order valence-electron chi connectivity index (χ2n) is 6.78. The SMILES string of the molecule is CC(C)(C)OC(=O)CNC(=O)CCc1ccc(-c2ncc(Br)cn2)cc1. The number of aromatic nitrogens is 2. The Kier molecular flexibility index (Phi) is 6.85. The molecule has 0 aliphatic heterocycles. The summed E-state index contributed by atoms with van der Waals surface area (Å²) in [6.07, 6.45) is 4.29. The van der Waals surface area contributed by atoms with Gasteiger partial charge in [0.15, 0.2) is 5.82 Å². The molecule has 0 spiro atoms. The van der Waals surface area contributed by atoms with Crippen LogP contribution in [0.25, 0.3) is 11.4 Å². The van der Waals surface area contributed by atoms with Crippen molar-refractivity contribution in [2.45, 2.75) is 39.2 Å². The van der Waals surface area contributed by atoms with Crippen LogP contribution in [0.3, 0.4) is 0 Å². The zero-order valence-corrected chi connectivity index (χ0v) is 16.7. The molecule has 0 aliphatic carbocycles. The molecule has 1 N–H and O–H groups in total. The van der Waals surface area contributed by atoms with Gasteiger partial charge in [-0.05, 0) is 48.7 Å². The van der Waals surface area contributed by atoms with E-state index in [1.54, 1.807) is 33.2 Å². The number of carbonyl (C=O) groups is 2. The molecule has 0 fully saturated rings. The highest BCUT2D eigenvalue weighted by Gasteiger charge is 2.16. The Balaban J connectivity index is 1.79. The molecule has 1 aromatic carbocycles. The lowest BCUT2D eigenvalue weighted by Crippen LogP contribution is -2.34. The van der Waals surface area contributed by atoms with E-state index in [1.807, 2.05) is 24.3 Å². The molecule has 1 amide bonds. The number of aryl methyl sites for hydroxylation is 1. The van der Waals surface area contributed by atoms with Crippen LogP contribution in [0.1, 0.15) is 32.8 Å². The number of hydrogen-bond donors (Lipinski definition) is 1. The van der Waals surface area contributed by atoms with Gasteiger partial charge in [0.05, 0.1) is 4.47 Å². The average molecular weight is 420 g/mol. The van der Waals surface area contributed by atoms with Gasteiger partial charge in [-0.2, -0.15) is 0 Å². The van der Waals surface area contributed by atoms with Gasteiger partial charge in [-0.15, -0.1) is 0 Å². The number of esters is 1. The molecule has 0 saturated carbocycles. The molecule has 26 heavy (non-hydrogen) atoms. The molecular formula is C19H22BrN3O3. The van der Waals surface area contributed by atoms with E-state index < -0.39 is 11.6 Å². The topological polar surface area (TPSA) is 81.2 Å². The fourth-order valence-corrected chi connectivity index (χ4v) is 2.38. The summed E-state index contributed by atoms with van der Waals surface area (Å²) in [4.78, 5) is 31.9. The van der Waals surface area contributed by atoms with Crippen LogP contribution >= 0.6 is 15.9 Å². The van der Waals surface area contributed by atoms with Crippen molar-refractivity contribution in [3.63, 3.8) is 0 Å². The van der Waals surface area contributed by atoms with Crippen LogP contribution in [-0.4, -0.2) is 34.0 Å². The van der Waals surface area contributed by atoms with Crippen LogP contribution in [0, 0.1) is 0 Å². The van der Waals surface area contributed by atoms with E-state index in [1.165, 1.54) is 0 Å². The van der Waals surface area contributed by atoms with E-state index in [9.17, 15) is 9.59 Å². The predicted molar refractivity (Wildman–Crippen MR) is 102 cm³/mol. The largest absolute Gasteiger partial charge is 0.459 e. The summed E-state index contributed by atoms with van der Waals surface area (Å²) in [5, 5.41) is 2.58. The molecule has 0 bridgehead atoms. The summed E-state index contributed by atoms with van der Waals surface area (Å²) < 4.78 is 5.97. The Morgan fingerprint density at radius 1 is 1.12 bits per heavy atom. The summed E-state index contributed by atoms with van der Waals surface area (Å²) in [5.41, 5.74) is 1.39. The third kappa shape index (κ3) is 6.92. The molecule has 0 radical (unpaired) electrons. The smallest absolute Gasteiger partial charge is 0.325 e. The quantitative estimate of drug-likeness (QED) is 0.726. The lowest BCUT2D eigenvalue weighted by molar-refractivity contribution is -0.154. The van der Waals surface area contributed by atoms with Gasteiger partial charge >= 0.3 is 5.97 Å². The number of benzene rings is 1. The summed E-state index contributed by atoms with van der Waals surface area (Å²) in [6.45, 7) is 5.25. The van der Waals surface area contributed by atoms with Crippen molar-refractivity contribution in [1.29, 1.82) is 0 Å². The summed E-state index contributed by atoms with van der Waals surface area (Å²) in [5.74, 6) is 0.0238. The molecule has 138 valence electrons. The van der Waals surface area contributed by atoms with E-state index >= 15 is 0 Å². The number of nitrogens with zero attached hydrogens (tertiary/aromatic N) is 2. The van der Waals surface area contributed by atoms with Crippen LogP contribution in [-0.2, 0) is 20.7 Å². The minimum absolute atomic E-state index is 0.115. The van der Waals surface area contributed by atoms with E-state index in [0.717, 1.165) is 15.6 Å². The van der Waals surface area contributed by atoms with E-state index in [2.05, 4.69) is 31.2 Å². The van der Waals surface area contributed by atoms with Crippen molar-refractivity contribution in [3.8, 4) is 11.4 Å². The maximum atomic E-state index is 11.9. The Morgan fingerprint density at radius 3 is 2.31 bits per heavy atom. The standard InChI is InChI=1S/C19H22BrN3O3/c1-19(2,3)26-17(25)12-21-16(24)9-6-13-4-7-14(8-5-13)18-22-10-15(20)11-23-18/h4-5,7-8,10-11H,6,9,12H2,1-3H3,(H,21,24). The van der Waals surface area contributed by atoms with E-state index in [-0.39, 0.29) is 12.5 Å². The minimum atomic E-state index is -0.553. The van der Waals surface area contributed by atoms with Crippen molar-refractivity contribution < 1.29 is 14.3 Å². The molecule has 2 aromatic rings. The molecule has 2 rings (SSSR count). The monoisotopic (exact) mass is 419 g/mol. The highest BCUT2D eigenvalue weighted by atomic mass is 79.9. The Morgan fingerprint density at radius 2 is 1.73 bits per heavy atom. The fraction of sp³-hybridized carbons (Fsp3) is 0.368. The number of amides is 1. The van der Waals surface area contributed by atoms with Crippen LogP contribution in [0.4, 0.5) is 0 Å². The Labute approximate surface area is 161 Å². The fourth-order valence-electron chi connectivity index (χ4n) is 2.18. The molecule has 1 heterocycles. The lowest BCUT2D eigenvalue weighted by atomic mass is 10.1. The van der Waals surface area contributed by atoms with Crippen molar-refractivity contribution in [2.75, 3.05) is 6.54 Å². The predicted octanol–water partition coefficient (Wildman–Crippen LogP) is 3.30.